The number of hydrogen-bond acceptors (Lipinski definition) is 3. The molecule has 0 atom stereocenters. The van der Waals surface area contributed by atoms with Crippen LogP contribution in [0.5, 0.6) is 0 Å². The topological polar surface area (TPSA) is 48.4 Å². The van der Waals surface area contributed by atoms with Crippen molar-refractivity contribution >= 4 is 11.0 Å². The van der Waals surface area contributed by atoms with Gasteiger partial charge in [0.05, 0.1) is 13.2 Å². The average molecular weight is 205 g/mol. The van der Waals surface area contributed by atoms with Gasteiger partial charge >= 0.3 is 0 Å². The molecule has 2 N–H and O–H groups in total. The molecule has 0 aliphatic rings. The van der Waals surface area contributed by atoms with E-state index in [0.717, 1.165) is 22.3 Å². The Morgan fingerprint density at radius 3 is 2.87 bits per heavy atom. The van der Waals surface area contributed by atoms with Crippen molar-refractivity contribution in [2.45, 2.75) is 20.1 Å². The molecule has 0 amide bonds. The molecule has 2 aromatic rings. The Bertz CT molecular complexity index is 448. The maximum absolute atomic E-state index is 5.64. The lowest BCUT2D eigenvalue weighted by molar-refractivity contribution is 0.133. The molecule has 2 rings (SSSR count). The van der Waals surface area contributed by atoms with Gasteiger partial charge in [-0.05, 0) is 13.0 Å². The van der Waals surface area contributed by atoms with E-state index in [1.54, 1.807) is 0 Å². The molecule has 1 aromatic heterocycles. The summed E-state index contributed by atoms with van der Waals surface area (Å²) < 4.78 is 11.1. The predicted octanol–water partition coefficient (Wildman–Crippen LogP) is 2.43. The van der Waals surface area contributed by atoms with Gasteiger partial charge in [-0.25, -0.2) is 0 Å². The van der Waals surface area contributed by atoms with Crippen LogP contribution in [0.4, 0.5) is 0 Å². The number of furan rings is 1. The number of nitrogens with two attached hydrogens (primary N) is 1. The Kier molecular flexibility index (Phi) is 3.04. The molecule has 1 aromatic carbocycles. The molecule has 0 saturated heterocycles. The monoisotopic (exact) mass is 205 g/mol. The van der Waals surface area contributed by atoms with E-state index < -0.39 is 0 Å². The lowest BCUT2D eigenvalue weighted by Crippen LogP contribution is -2.00. The van der Waals surface area contributed by atoms with Gasteiger partial charge in [-0.15, -0.1) is 0 Å². The number of para-hydroxylation sites is 1. The van der Waals surface area contributed by atoms with Crippen LogP contribution in [0.25, 0.3) is 11.0 Å². The van der Waals surface area contributed by atoms with Crippen LogP contribution in [0.15, 0.2) is 28.7 Å². The van der Waals surface area contributed by atoms with Crippen molar-refractivity contribution in [1.82, 2.24) is 0 Å². The maximum atomic E-state index is 5.64. The highest BCUT2D eigenvalue weighted by atomic mass is 16.5. The normalized spacial score (nSPS) is 11.1. The lowest BCUT2D eigenvalue weighted by atomic mass is 10.1. The summed E-state index contributed by atoms with van der Waals surface area (Å²) in [4.78, 5) is 0. The van der Waals surface area contributed by atoms with E-state index in [1.165, 1.54) is 0 Å². The SMILES string of the molecule is CCOCc1c(CN)oc2ccccc12. The van der Waals surface area contributed by atoms with Gasteiger partial charge in [0.2, 0.25) is 0 Å². The van der Waals surface area contributed by atoms with Crippen LogP contribution in [0.1, 0.15) is 18.2 Å². The first-order chi connectivity index (χ1) is 7.36. The van der Waals surface area contributed by atoms with Crippen molar-refractivity contribution in [2.24, 2.45) is 5.73 Å². The van der Waals surface area contributed by atoms with Gasteiger partial charge in [0.15, 0.2) is 0 Å². The molecule has 0 spiro atoms. The standard InChI is InChI=1S/C12H15NO2/c1-2-14-8-10-9-5-3-4-6-11(9)15-12(10)7-13/h3-6H,2,7-8,13H2,1H3. The Morgan fingerprint density at radius 2 is 2.13 bits per heavy atom. The van der Waals surface area contributed by atoms with Crippen molar-refractivity contribution in [3.63, 3.8) is 0 Å². The Morgan fingerprint density at radius 1 is 1.33 bits per heavy atom. The molecule has 0 aliphatic heterocycles. The van der Waals surface area contributed by atoms with Crippen molar-refractivity contribution in [1.29, 1.82) is 0 Å². The highest BCUT2D eigenvalue weighted by Crippen LogP contribution is 2.26. The molecule has 0 unspecified atom stereocenters. The van der Waals surface area contributed by atoms with Gasteiger partial charge in [0, 0.05) is 17.6 Å². The summed E-state index contributed by atoms with van der Waals surface area (Å²) in [6.45, 7) is 3.66. The molecule has 3 heteroatoms. The van der Waals surface area contributed by atoms with E-state index in [-0.39, 0.29) is 0 Å². The van der Waals surface area contributed by atoms with Crippen molar-refractivity contribution < 1.29 is 9.15 Å². The number of benzene rings is 1. The molecule has 80 valence electrons. The van der Waals surface area contributed by atoms with E-state index in [2.05, 4.69) is 0 Å². The van der Waals surface area contributed by atoms with Gasteiger partial charge in [-0.1, -0.05) is 18.2 Å². The summed E-state index contributed by atoms with van der Waals surface area (Å²) in [5.41, 5.74) is 7.60. The number of hydrogen-bond donors (Lipinski definition) is 1. The largest absolute Gasteiger partial charge is 0.459 e. The quantitative estimate of drug-likeness (QED) is 0.833. The van der Waals surface area contributed by atoms with E-state index >= 15 is 0 Å². The summed E-state index contributed by atoms with van der Waals surface area (Å²) in [6, 6.07) is 7.93. The Balaban J connectivity index is 2.47. The van der Waals surface area contributed by atoms with Crippen molar-refractivity contribution in [3.8, 4) is 0 Å². The summed E-state index contributed by atoms with van der Waals surface area (Å²) in [5.74, 6) is 0.824. The predicted molar refractivity (Wildman–Crippen MR) is 59.4 cm³/mol. The smallest absolute Gasteiger partial charge is 0.134 e. The minimum Gasteiger partial charge on any atom is -0.459 e. The second-order valence-corrected chi connectivity index (χ2v) is 3.34. The van der Waals surface area contributed by atoms with E-state index in [0.29, 0.717) is 19.8 Å². The molecule has 0 radical (unpaired) electrons. The summed E-state index contributed by atoms with van der Waals surface area (Å²) in [7, 11) is 0. The van der Waals surface area contributed by atoms with Gasteiger partial charge in [-0.3, -0.25) is 0 Å². The minimum absolute atomic E-state index is 0.414. The molecule has 3 nitrogen and oxygen atoms in total. The second kappa shape index (κ2) is 4.47. The fourth-order valence-corrected chi connectivity index (χ4v) is 1.68. The molecule has 0 aliphatic carbocycles. The van der Waals surface area contributed by atoms with Crippen LogP contribution in [-0.2, 0) is 17.9 Å². The lowest BCUT2D eigenvalue weighted by Gasteiger charge is -2.00. The van der Waals surface area contributed by atoms with Crippen LogP contribution >= 0.6 is 0 Å². The maximum Gasteiger partial charge on any atom is 0.134 e. The molecule has 15 heavy (non-hydrogen) atoms. The fourth-order valence-electron chi connectivity index (χ4n) is 1.68. The summed E-state index contributed by atoms with van der Waals surface area (Å²) >= 11 is 0. The molecule has 0 bridgehead atoms. The Labute approximate surface area is 88.8 Å². The van der Waals surface area contributed by atoms with Gasteiger partial charge in [-0.2, -0.15) is 0 Å². The van der Waals surface area contributed by atoms with Crippen LogP contribution in [-0.4, -0.2) is 6.61 Å². The number of fused-ring (bicyclic) bond motifs is 1. The molecule has 0 fully saturated rings. The third-order valence-electron chi connectivity index (χ3n) is 2.42. The van der Waals surface area contributed by atoms with Crippen LogP contribution in [0.3, 0.4) is 0 Å². The molecular formula is C12H15NO2. The van der Waals surface area contributed by atoms with Crippen LogP contribution in [0, 0.1) is 0 Å². The first kappa shape index (κ1) is 10.2. The van der Waals surface area contributed by atoms with Gasteiger partial charge < -0.3 is 14.9 Å². The zero-order valence-corrected chi connectivity index (χ0v) is 8.82. The van der Waals surface area contributed by atoms with E-state index in [4.69, 9.17) is 14.9 Å². The van der Waals surface area contributed by atoms with E-state index in [9.17, 15) is 0 Å². The van der Waals surface area contributed by atoms with Crippen LogP contribution < -0.4 is 5.73 Å². The van der Waals surface area contributed by atoms with Crippen molar-refractivity contribution in [3.05, 3.63) is 35.6 Å². The van der Waals surface area contributed by atoms with E-state index in [1.807, 2.05) is 31.2 Å². The highest BCUT2D eigenvalue weighted by Gasteiger charge is 2.11. The second-order valence-electron chi connectivity index (χ2n) is 3.34. The number of rotatable bonds is 4. The first-order valence-corrected chi connectivity index (χ1v) is 5.14. The average Bonchev–Trinajstić information content (AvgIpc) is 2.64. The number of ether oxygens (including phenoxy) is 1. The van der Waals surface area contributed by atoms with Gasteiger partial charge in [0.1, 0.15) is 11.3 Å². The highest BCUT2D eigenvalue weighted by molar-refractivity contribution is 5.82. The fraction of sp³-hybridized carbons (Fsp3) is 0.333. The van der Waals surface area contributed by atoms with Gasteiger partial charge in [0.25, 0.3) is 0 Å². The summed E-state index contributed by atoms with van der Waals surface area (Å²) in [6.07, 6.45) is 0. The Hall–Kier alpha value is -1.32. The summed E-state index contributed by atoms with van der Waals surface area (Å²) in [5, 5.41) is 1.10. The van der Waals surface area contributed by atoms with Crippen LogP contribution in [0.2, 0.25) is 0 Å². The third-order valence-corrected chi connectivity index (χ3v) is 2.42. The molecular weight excluding hydrogens is 190 g/mol. The minimum atomic E-state index is 0.414. The molecule has 1 heterocycles. The zero-order chi connectivity index (χ0) is 10.7. The first-order valence-electron chi connectivity index (χ1n) is 5.14. The third kappa shape index (κ3) is 1.89. The van der Waals surface area contributed by atoms with Crippen molar-refractivity contribution in [2.75, 3.05) is 6.61 Å². The molecule has 0 saturated carbocycles. The zero-order valence-electron chi connectivity index (χ0n) is 8.82.